The number of carbonyl (C=O) groups excluding carboxylic acids is 1. The Morgan fingerprint density at radius 1 is 1.24 bits per heavy atom. The highest BCUT2D eigenvalue weighted by Gasteiger charge is 2.13. The minimum absolute atomic E-state index is 0.159. The van der Waals surface area contributed by atoms with Crippen LogP contribution in [0.1, 0.15) is 15.9 Å². The molecule has 1 amide bonds. The number of anilines is 1. The summed E-state index contributed by atoms with van der Waals surface area (Å²) in [5.41, 5.74) is 7.56. The first-order valence-electron chi connectivity index (χ1n) is 6.44. The Balaban J connectivity index is 2.11. The molecule has 0 aliphatic heterocycles. The zero-order valence-corrected chi connectivity index (χ0v) is 12.0. The summed E-state index contributed by atoms with van der Waals surface area (Å²) in [6.07, 6.45) is 0. The van der Waals surface area contributed by atoms with Gasteiger partial charge in [0.1, 0.15) is 11.6 Å². The predicted octanol–water partition coefficient (Wildman–Crippen LogP) is 2.69. The molecule has 5 heteroatoms. The van der Waals surface area contributed by atoms with Crippen LogP contribution in [0.25, 0.3) is 0 Å². The van der Waals surface area contributed by atoms with Crippen LogP contribution in [0.2, 0.25) is 0 Å². The maximum atomic E-state index is 12.9. The van der Waals surface area contributed by atoms with E-state index in [0.717, 1.165) is 5.56 Å². The lowest BCUT2D eigenvalue weighted by molar-refractivity contribution is 0.0785. The van der Waals surface area contributed by atoms with Gasteiger partial charge in [-0.1, -0.05) is 12.1 Å². The Kier molecular flexibility index (Phi) is 4.42. The molecule has 2 aromatic carbocycles. The van der Waals surface area contributed by atoms with Gasteiger partial charge in [-0.2, -0.15) is 0 Å². The summed E-state index contributed by atoms with van der Waals surface area (Å²) in [6.45, 7) is 0.394. The number of nitrogen functional groups attached to an aromatic ring is 1. The van der Waals surface area contributed by atoms with Gasteiger partial charge in [-0.15, -0.1) is 0 Å². The van der Waals surface area contributed by atoms with Crippen molar-refractivity contribution < 1.29 is 13.9 Å². The van der Waals surface area contributed by atoms with Gasteiger partial charge in [0.2, 0.25) is 0 Å². The van der Waals surface area contributed by atoms with Crippen LogP contribution in [0.4, 0.5) is 10.1 Å². The molecule has 2 aromatic rings. The first-order valence-corrected chi connectivity index (χ1v) is 6.44. The van der Waals surface area contributed by atoms with Crippen LogP contribution in [-0.4, -0.2) is 25.0 Å². The fraction of sp³-hybridized carbons (Fsp3) is 0.188. The largest absolute Gasteiger partial charge is 0.495 e. The van der Waals surface area contributed by atoms with Gasteiger partial charge < -0.3 is 15.4 Å². The van der Waals surface area contributed by atoms with Gasteiger partial charge in [0.25, 0.3) is 5.91 Å². The van der Waals surface area contributed by atoms with Crippen molar-refractivity contribution in [3.8, 4) is 5.75 Å². The van der Waals surface area contributed by atoms with Crippen LogP contribution < -0.4 is 10.5 Å². The summed E-state index contributed by atoms with van der Waals surface area (Å²) in [7, 11) is 3.21. The van der Waals surface area contributed by atoms with E-state index in [1.807, 2.05) is 0 Å². The molecule has 2 N–H and O–H groups in total. The third-order valence-corrected chi connectivity index (χ3v) is 3.16. The lowest BCUT2D eigenvalue weighted by Gasteiger charge is -2.18. The number of ether oxygens (including phenoxy) is 1. The van der Waals surface area contributed by atoms with Crippen LogP contribution in [0.5, 0.6) is 5.75 Å². The highest BCUT2D eigenvalue weighted by Crippen LogP contribution is 2.22. The third kappa shape index (κ3) is 3.51. The lowest BCUT2D eigenvalue weighted by Crippen LogP contribution is -2.26. The van der Waals surface area contributed by atoms with Crippen molar-refractivity contribution in [2.75, 3.05) is 19.9 Å². The summed E-state index contributed by atoms with van der Waals surface area (Å²) in [6, 6.07) is 11.0. The zero-order valence-electron chi connectivity index (χ0n) is 12.0. The second-order valence-electron chi connectivity index (χ2n) is 4.74. The van der Waals surface area contributed by atoms with E-state index in [2.05, 4.69) is 0 Å². The number of hydrogen-bond acceptors (Lipinski definition) is 3. The molecule has 0 saturated heterocycles. The fourth-order valence-corrected chi connectivity index (χ4v) is 2.02. The van der Waals surface area contributed by atoms with E-state index in [0.29, 0.717) is 23.5 Å². The molecule has 0 fully saturated rings. The molecule has 110 valence electrons. The monoisotopic (exact) mass is 288 g/mol. The Morgan fingerprint density at radius 3 is 2.48 bits per heavy atom. The Bertz CT molecular complexity index is 641. The van der Waals surface area contributed by atoms with E-state index >= 15 is 0 Å². The maximum absolute atomic E-state index is 12.9. The van der Waals surface area contributed by atoms with E-state index < -0.39 is 0 Å². The second-order valence-corrected chi connectivity index (χ2v) is 4.74. The van der Waals surface area contributed by atoms with Crippen molar-refractivity contribution in [3.63, 3.8) is 0 Å². The van der Waals surface area contributed by atoms with Crippen LogP contribution in [0.15, 0.2) is 42.5 Å². The SMILES string of the molecule is COc1ccc(C(=O)N(C)Cc2ccc(F)cc2)cc1N. The fourth-order valence-electron chi connectivity index (χ4n) is 2.02. The highest BCUT2D eigenvalue weighted by molar-refractivity contribution is 5.95. The van der Waals surface area contributed by atoms with Crippen molar-refractivity contribution in [2.24, 2.45) is 0 Å². The number of halogens is 1. The normalized spacial score (nSPS) is 10.2. The number of carbonyl (C=O) groups is 1. The Morgan fingerprint density at radius 2 is 1.90 bits per heavy atom. The number of benzene rings is 2. The van der Waals surface area contributed by atoms with Crippen LogP contribution in [0, 0.1) is 5.82 Å². The quantitative estimate of drug-likeness (QED) is 0.880. The molecule has 0 saturated carbocycles. The molecule has 0 aliphatic carbocycles. The first-order chi connectivity index (χ1) is 10.0. The molecule has 0 heterocycles. The van der Waals surface area contributed by atoms with Crippen molar-refractivity contribution in [2.45, 2.75) is 6.54 Å². The minimum Gasteiger partial charge on any atom is -0.495 e. The number of hydrogen-bond donors (Lipinski definition) is 1. The first kappa shape index (κ1) is 14.8. The molecule has 0 unspecified atom stereocenters. The second kappa shape index (κ2) is 6.26. The summed E-state index contributed by atoms with van der Waals surface area (Å²) in [5, 5.41) is 0. The van der Waals surface area contributed by atoms with E-state index in [1.54, 1.807) is 42.3 Å². The molecular weight excluding hydrogens is 271 g/mol. The van der Waals surface area contributed by atoms with Gasteiger partial charge in [0.05, 0.1) is 12.8 Å². The number of nitrogens with zero attached hydrogens (tertiary/aromatic N) is 1. The maximum Gasteiger partial charge on any atom is 0.253 e. The Hall–Kier alpha value is -2.56. The van der Waals surface area contributed by atoms with Crippen LogP contribution in [0.3, 0.4) is 0 Å². The van der Waals surface area contributed by atoms with E-state index in [-0.39, 0.29) is 11.7 Å². The molecule has 4 nitrogen and oxygen atoms in total. The summed E-state index contributed by atoms with van der Waals surface area (Å²) in [4.78, 5) is 13.9. The van der Waals surface area contributed by atoms with Crippen molar-refractivity contribution in [1.29, 1.82) is 0 Å². The van der Waals surface area contributed by atoms with Crippen molar-refractivity contribution in [3.05, 3.63) is 59.4 Å². The Labute approximate surface area is 122 Å². The molecule has 0 aromatic heterocycles. The van der Waals surface area contributed by atoms with Gasteiger partial charge in [0.15, 0.2) is 0 Å². The third-order valence-electron chi connectivity index (χ3n) is 3.16. The molecular formula is C16H17FN2O2. The van der Waals surface area contributed by atoms with Gasteiger partial charge in [-0.05, 0) is 35.9 Å². The number of methoxy groups -OCH3 is 1. The zero-order chi connectivity index (χ0) is 15.4. The molecule has 0 atom stereocenters. The standard InChI is InChI=1S/C16H17FN2O2/c1-19(10-11-3-6-13(17)7-4-11)16(20)12-5-8-15(21-2)14(18)9-12/h3-9H,10,18H2,1-2H3. The highest BCUT2D eigenvalue weighted by atomic mass is 19.1. The van der Waals surface area contributed by atoms with Crippen LogP contribution in [-0.2, 0) is 6.54 Å². The molecule has 0 bridgehead atoms. The molecule has 2 rings (SSSR count). The van der Waals surface area contributed by atoms with Crippen molar-refractivity contribution >= 4 is 11.6 Å². The lowest BCUT2D eigenvalue weighted by atomic mass is 10.1. The summed E-state index contributed by atoms with van der Waals surface area (Å²) >= 11 is 0. The van der Waals surface area contributed by atoms with E-state index in [1.165, 1.54) is 19.2 Å². The van der Waals surface area contributed by atoms with E-state index in [4.69, 9.17) is 10.5 Å². The smallest absolute Gasteiger partial charge is 0.253 e. The number of amides is 1. The van der Waals surface area contributed by atoms with Gasteiger partial charge in [0, 0.05) is 19.2 Å². The van der Waals surface area contributed by atoms with Gasteiger partial charge >= 0.3 is 0 Å². The minimum atomic E-state index is -0.296. The average Bonchev–Trinajstić information content (AvgIpc) is 2.48. The molecule has 0 aliphatic rings. The number of rotatable bonds is 4. The summed E-state index contributed by atoms with van der Waals surface area (Å²) in [5.74, 6) is 0.0806. The van der Waals surface area contributed by atoms with Crippen LogP contribution >= 0.6 is 0 Å². The summed E-state index contributed by atoms with van der Waals surface area (Å²) < 4.78 is 17.9. The topological polar surface area (TPSA) is 55.6 Å². The number of nitrogens with two attached hydrogens (primary N) is 1. The molecule has 0 spiro atoms. The average molecular weight is 288 g/mol. The van der Waals surface area contributed by atoms with E-state index in [9.17, 15) is 9.18 Å². The molecule has 0 radical (unpaired) electrons. The predicted molar refractivity (Wildman–Crippen MR) is 79.6 cm³/mol. The molecule has 21 heavy (non-hydrogen) atoms. The van der Waals surface area contributed by atoms with Gasteiger partial charge in [-0.3, -0.25) is 4.79 Å². The van der Waals surface area contributed by atoms with Crippen molar-refractivity contribution in [1.82, 2.24) is 4.90 Å². The van der Waals surface area contributed by atoms with Gasteiger partial charge in [-0.25, -0.2) is 4.39 Å².